The van der Waals surface area contributed by atoms with Crippen LogP contribution in [0.4, 0.5) is 5.00 Å². The van der Waals surface area contributed by atoms with Crippen molar-refractivity contribution >= 4 is 22.2 Å². The molecule has 0 aliphatic carbocycles. The molecule has 25 heavy (non-hydrogen) atoms. The highest BCUT2D eigenvalue weighted by atomic mass is 32.1. The SMILES string of the molecule is CN(CCC(=O)Nc1sccc1C#N)Cc1ccc2c(c1)OCCO2. The third-order valence-corrected chi connectivity index (χ3v) is 4.65. The number of nitrogens with zero attached hydrogens (tertiary/aromatic N) is 2. The minimum absolute atomic E-state index is 0.0898. The van der Waals surface area contributed by atoms with E-state index in [-0.39, 0.29) is 5.91 Å². The van der Waals surface area contributed by atoms with Crippen LogP contribution in [-0.2, 0) is 11.3 Å². The monoisotopic (exact) mass is 357 g/mol. The number of hydrogen-bond acceptors (Lipinski definition) is 6. The first kappa shape index (κ1) is 17.3. The van der Waals surface area contributed by atoms with Crippen molar-refractivity contribution in [3.05, 3.63) is 40.8 Å². The van der Waals surface area contributed by atoms with Gasteiger partial charge in [-0.3, -0.25) is 4.79 Å². The molecule has 0 saturated heterocycles. The molecule has 0 unspecified atom stereocenters. The Balaban J connectivity index is 1.48. The highest BCUT2D eigenvalue weighted by Gasteiger charge is 2.13. The van der Waals surface area contributed by atoms with Crippen molar-refractivity contribution < 1.29 is 14.3 Å². The van der Waals surface area contributed by atoms with Gasteiger partial charge in [0.2, 0.25) is 5.91 Å². The molecule has 0 radical (unpaired) electrons. The fourth-order valence-electron chi connectivity index (χ4n) is 2.55. The molecule has 1 aromatic heterocycles. The van der Waals surface area contributed by atoms with Crippen molar-refractivity contribution in [2.45, 2.75) is 13.0 Å². The average molecular weight is 357 g/mol. The van der Waals surface area contributed by atoms with Crippen molar-refractivity contribution in [3.63, 3.8) is 0 Å². The van der Waals surface area contributed by atoms with Gasteiger partial charge in [-0.2, -0.15) is 5.26 Å². The molecule has 1 aliphatic rings. The lowest BCUT2D eigenvalue weighted by Crippen LogP contribution is -2.24. The van der Waals surface area contributed by atoms with Crippen molar-refractivity contribution in [1.82, 2.24) is 4.90 Å². The molecule has 7 heteroatoms. The molecule has 3 rings (SSSR count). The van der Waals surface area contributed by atoms with Gasteiger partial charge in [-0.1, -0.05) is 6.07 Å². The summed E-state index contributed by atoms with van der Waals surface area (Å²) < 4.78 is 11.1. The number of rotatable bonds is 6. The van der Waals surface area contributed by atoms with Crippen molar-refractivity contribution in [1.29, 1.82) is 5.26 Å². The average Bonchev–Trinajstić information content (AvgIpc) is 3.07. The number of carbonyl (C=O) groups excluding carboxylic acids is 1. The Bertz CT molecular complexity index is 797. The van der Waals surface area contributed by atoms with Crippen LogP contribution in [0.15, 0.2) is 29.6 Å². The standard InChI is InChI=1S/C18H19N3O3S/c1-21(6-4-17(22)20-18-14(11-19)5-9-25-18)12-13-2-3-15-16(10-13)24-8-7-23-15/h2-3,5,9-10H,4,6-8,12H2,1H3,(H,20,22). The lowest BCUT2D eigenvalue weighted by molar-refractivity contribution is -0.116. The molecule has 0 spiro atoms. The Kier molecular flexibility index (Phi) is 5.53. The van der Waals surface area contributed by atoms with Gasteiger partial charge in [0.1, 0.15) is 24.3 Å². The molecule has 1 amide bonds. The maximum absolute atomic E-state index is 12.0. The fraction of sp³-hybridized carbons (Fsp3) is 0.333. The topological polar surface area (TPSA) is 74.6 Å². The number of nitriles is 1. The number of anilines is 1. The van der Waals surface area contributed by atoms with E-state index in [9.17, 15) is 4.79 Å². The Morgan fingerprint density at radius 3 is 2.92 bits per heavy atom. The first-order chi connectivity index (χ1) is 12.2. The molecule has 0 bridgehead atoms. The third kappa shape index (κ3) is 4.50. The zero-order valence-electron chi connectivity index (χ0n) is 13.9. The first-order valence-corrected chi connectivity index (χ1v) is 8.88. The molecule has 2 heterocycles. The van der Waals surface area contributed by atoms with Crippen LogP contribution >= 0.6 is 11.3 Å². The molecular formula is C18H19N3O3S. The third-order valence-electron chi connectivity index (χ3n) is 3.82. The molecule has 1 N–H and O–H groups in total. The smallest absolute Gasteiger partial charge is 0.226 e. The van der Waals surface area contributed by atoms with Crippen LogP contribution in [-0.4, -0.2) is 37.6 Å². The molecule has 6 nitrogen and oxygen atoms in total. The zero-order chi connectivity index (χ0) is 17.6. The van der Waals surface area contributed by atoms with E-state index >= 15 is 0 Å². The maximum atomic E-state index is 12.0. The highest BCUT2D eigenvalue weighted by molar-refractivity contribution is 7.14. The van der Waals surface area contributed by atoms with Gasteiger partial charge in [0, 0.05) is 19.5 Å². The van der Waals surface area contributed by atoms with Gasteiger partial charge < -0.3 is 19.7 Å². The molecule has 0 saturated carbocycles. The Hall–Kier alpha value is -2.56. The summed E-state index contributed by atoms with van der Waals surface area (Å²) in [5.41, 5.74) is 1.61. The van der Waals surface area contributed by atoms with Crippen molar-refractivity contribution in [3.8, 4) is 17.6 Å². The molecule has 1 aromatic carbocycles. The van der Waals surface area contributed by atoms with Crippen LogP contribution in [0, 0.1) is 11.3 Å². The predicted molar refractivity (Wildman–Crippen MR) is 96.0 cm³/mol. The Morgan fingerprint density at radius 1 is 1.32 bits per heavy atom. The van der Waals surface area contributed by atoms with E-state index in [4.69, 9.17) is 14.7 Å². The second-order valence-corrected chi connectivity index (χ2v) is 6.71. The summed E-state index contributed by atoms with van der Waals surface area (Å²) in [7, 11) is 1.97. The quantitative estimate of drug-likeness (QED) is 0.860. The molecule has 0 atom stereocenters. The van der Waals surface area contributed by atoms with E-state index in [0.29, 0.717) is 43.3 Å². The second-order valence-electron chi connectivity index (χ2n) is 5.79. The van der Waals surface area contributed by atoms with Crippen LogP contribution in [0.1, 0.15) is 17.5 Å². The first-order valence-electron chi connectivity index (χ1n) is 8.00. The van der Waals surface area contributed by atoms with E-state index in [1.807, 2.05) is 25.2 Å². The van der Waals surface area contributed by atoms with E-state index < -0.39 is 0 Å². The van der Waals surface area contributed by atoms with Gasteiger partial charge in [-0.15, -0.1) is 11.3 Å². The fourth-order valence-corrected chi connectivity index (χ4v) is 3.31. The lowest BCUT2D eigenvalue weighted by Gasteiger charge is -2.21. The number of thiophene rings is 1. The number of nitrogens with one attached hydrogen (secondary N) is 1. The van der Waals surface area contributed by atoms with E-state index in [0.717, 1.165) is 17.1 Å². The number of hydrogen-bond donors (Lipinski definition) is 1. The number of fused-ring (bicyclic) bond motifs is 1. The van der Waals surface area contributed by atoms with E-state index in [2.05, 4.69) is 16.3 Å². The second kappa shape index (κ2) is 8.01. The van der Waals surface area contributed by atoms with Gasteiger partial charge >= 0.3 is 0 Å². The lowest BCUT2D eigenvalue weighted by atomic mass is 10.2. The van der Waals surface area contributed by atoms with Crippen LogP contribution < -0.4 is 14.8 Å². The minimum Gasteiger partial charge on any atom is -0.486 e. The van der Waals surface area contributed by atoms with Crippen LogP contribution in [0.2, 0.25) is 0 Å². The number of benzene rings is 1. The molecule has 1 aliphatic heterocycles. The van der Waals surface area contributed by atoms with Crippen molar-refractivity contribution in [2.75, 3.05) is 32.1 Å². The normalized spacial score (nSPS) is 12.7. The molecular weight excluding hydrogens is 338 g/mol. The summed E-state index contributed by atoms with van der Waals surface area (Å²) in [6.45, 7) is 2.49. The predicted octanol–water partition coefficient (Wildman–Crippen LogP) is 2.85. The minimum atomic E-state index is -0.0898. The van der Waals surface area contributed by atoms with E-state index in [1.54, 1.807) is 11.4 Å². The number of carbonyl (C=O) groups is 1. The Labute approximate surface area is 150 Å². The van der Waals surface area contributed by atoms with E-state index in [1.165, 1.54) is 11.3 Å². The summed E-state index contributed by atoms with van der Waals surface area (Å²) in [5.74, 6) is 1.46. The summed E-state index contributed by atoms with van der Waals surface area (Å²) in [4.78, 5) is 14.1. The Morgan fingerprint density at radius 2 is 2.12 bits per heavy atom. The summed E-state index contributed by atoms with van der Waals surface area (Å²) in [5, 5.41) is 14.2. The molecule has 0 fully saturated rings. The van der Waals surface area contributed by atoms with Crippen LogP contribution in [0.25, 0.3) is 0 Å². The maximum Gasteiger partial charge on any atom is 0.226 e. The van der Waals surface area contributed by atoms with Crippen LogP contribution in [0.5, 0.6) is 11.5 Å². The van der Waals surface area contributed by atoms with Gasteiger partial charge in [0.05, 0.1) is 5.56 Å². The summed E-state index contributed by atoms with van der Waals surface area (Å²) >= 11 is 1.36. The van der Waals surface area contributed by atoms with Gasteiger partial charge in [-0.05, 0) is 36.2 Å². The van der Waals surface area contributed by atoms with Gasteiger partial charge in [0.25, 0.3) is 0 Å². The molecule has 2 aromatic rings. The number of amides is 1. The summed E-state index contributed by atoms with van der Waals surface area (Å²) in [6.07, 6.45) is 0.365. The van der Waals surface area contributed by atoms with Crippen LogP contribution in [0.3, 0.4) is 0 Å². The number of ether oxygens (including phenoxy) is 2. The van der Waals surface area contributed by atoms with Gasteiger partial charge in [0.15, 0.2) is 11.5 Å². The van der Waals surface area contributed by atoms with Gasteiger partial charge in [-0.25, -0.2) is 0 Å². The highest BCUT2D eigenvalue weighted by Crippen LogP contribution is 2.31. The summed E-state index contributed by atoms with van der Waals surface area (Å²) in [6, 6.07) is 9.68. The molecule has 130 valence electrons. The zero-order valence-corrected chi connectivity index (χ0v) is 14.8. The van der Waals surface area contributed by atoms with Crippen molar-refractivity contribution in [2.24, 2.45) is 0 Å². The largest absolute Gasteiger partial charge is 0.486 e.